The lowest BCUT2D eigenvalue weighted by Crippen LogP contribution is -2.38. The lowest BCUT2D eigenvalue weighted by molar-refractivity contribution is -0.128. The maximum absolute atomic E-state index is 11.4. The quantitative estimate of drug-likeness (QED) is 0.642. The molecule has 1 aliphatic rings. The fourth-order valence-electron chi connectivity index (χ4n) is 1.43. The summed E-state index contributed by atoms with van der Waals surface area (Å²) in [6, 6.07) is -0.244. The molecule has 1 saturated heterocycles. The van der Waals surface area contributed by atoms with Crippen molar-refractivity contribution < 1.29 is 4.79 Å². The number of likely N-dealkylation sites (N-methyl/N-ethyl adjacent to an activating group) is 1. The Kier molecular flexibility index (Phi) is 3.69. The van der Waals surface area contributed by atoms with E-state index >= 15 is 0 Å². The molecule has 1 aliphatic heterocycles. The molecular weight excluding hydrogens is 166 g/mol. The third kappa shape index (κ3) is 2.67. The minimum Gasteiger partial charge on any atom is -0.340 e. The minimum atomic E-state index is -0.244. The molecule has 1 amide bonds. The van der Waals surface area contributed by atoms with E-state index in [4.69, 9.17) is 5.73 Å². The van der Waals surface area contributed by atoms with Crippen LogP contribution in [0.25, 0.3) is 0 Å². The van der Waals surface area contributed by atoms with Crippen LogP contribution in [0.15, 0.2) is 0 Å². The largest absolute Gasteiger partial charge is 0.340 e. The number of carbonyl (C=O) groups is 1. The SMILES string of the molecule is CCN(C)CCN1CCC(N)C1=O. The lowest BCUT2D eigenvalue weighted by atomic mass is 10.3. The van der Waals surface area contributed by atoms with Gasteiger partial charge in [0.15, 0.2) is 0 Å². The van der Waals surface area contributed by atoms with Gasteiger partial charge in [0.1, 0.15) is 0 Å². The summed E-state index contributed by atoms with van der Waals surface area (Å²) >= 11 is 0. The third-order valence-electron chi connectivity index (χ3n) is 2.63. The maximum Gasteiger partial charge on any atom is 0.239 e. The highest BCUT2D eigenvalue weighted by atomic mass is 16.2. The molecule has 0 aromatic rings. The van der Waals surface area contributed by atoms with Crippen LogP contribution in [0, 0.1) is 0 Å². The van der Waals surface area contributed by atoms with Crippen molar-refractivity contribution in [3.63, 3.8) is 0 Å². The Morgan fingerprint density at radius 1 is 1.69 bits per heavy atom. The van der Waals surface area contributed by atoms with Gasteiger partial charge in [-0.05, 0) is 20.0 Å². The maximum atomic E-state index is 11.4. The number of likely N-dealkylation sites (tertiary alicyclic amines) is 1. The second-order valence-electron chi connectivity index (χ2n) is 3.62. The van der Waals surface area contributed by atoms with E-state index in [0.29, 0.717) is 0 Å². The minimum absolute atomic E-state index is 0.115. The molecule has 0 bridgehead atoms. The van der Waals surface area contributed by atoms with Gasteiger partial charge in [0.25, 0.3) is 0 Å². The summed E-state index contributed by atoms with van der Waals surface area (Å²) in [5.41, 5.74) is 5.60. The third-order valence-corrected chi connectivity index (χ3v) is 2.63. The van der Waals surface area contributed by atoms with E-state index in [9.17, 15) is 4.79 Å². The predicted octanol–water partition coefficient (Wildman–Crippen LogP) is -0.502. The highest BCUT2D eigenvalue weighted by Crippen LogP contribution is 2.08. The molecule has 0 spiro atoms. The average Bonchev–Trinajstić information content (AvgIpc) is 2.44. The lowest BCUT2D eigenvalue weighted by Gasteiger charge is -2.20. The second kappa shape index (κ2) is 4.58. The summed E-state index contributed by atoms with van der Waals surface area (Å²) in [4.78, 5) is 15.4. The van der Waals surface area contributed by atoms with Crippen LogP contribution in [0.1, 0.15) is 13.3 Å². The average molecular weight is 185 g/mol. The van der Waals surface area contributed by atoms with Gasteiger partial charge >= 0.3 is 0 Å². The number of nitrogens with zero attached hydrogens (tertiary/aromatic N) is 2. The Balaban J connectivity index is 2.26. The van der Waals surface area contributed by atoms with Crippen molar-refractivity contribution in [3.05, 3.63) is 0 Å². The van der Waals surface area contributed by atoms with E-state index in [1.54, 1.807) is 0 Å². The van der Waals surface area contributed by atoms with Gasteiger partial charge in [-0.15, -0.1) is 0 Å². The van der Waals surface area contributed by atoms with Gasteiger partial charge in [-0.3, -0.25) is 4.79 Å². The molecule has 1 atom stereocenters. The highest BCUT2D eigenvalue weighted by Gasteiger charge is 2.27. The van der Waals surface area contributed by atoms with E-state index in [1.165, 1.54) is 0 Å². The Bertz CT molecular complexity index is 184. The molecule has 1 unspecified atom stereocenters. The van der Waals surface area contributed by atoms with Crippen LogP contribution < -0.4 is 5.73 Å². The van der Waals surface area contributed by atoms with Crippen molar-refractivity contribution in [3.8, 4) is 0 Å². The molecule has 1 rings (SSSR count). The second-order valence-corrected chi connectivity index (χ2v) is 3.62. The number of nitrogens with two attached hydrogens (primary N) is 1. The molecule has 1 fully saturated rings. The number of carbonyl (C=O) groups excluding carboxylic acids is 1. The predicted molar refractivity (Wildman–Crippen MR) is 52.3 cm³/mol. The van der Waals surface area contributed by atoms with Crippen LogP contribution in [0.5, 0.6) is 0 Å². The molecule has 76 valence electrons. The fraction of sp³-hybridized carbons (Fsp3) is 0.889. The normalized spacial score (nSPS) is 23.2. The monoisotopic (exact) mass is 185 g/mol. The van der Waals surface area contributed by atoms with Gasteiger partial charge < -0.3 is 15.5 Å². The molecule has 0 aliphatic carbocycles. The van der Waals surface area contributed by atoms with Gasteiger partial charge in [0.2, 0.25) is 5.91 Å². The topological polar surface area (TPSA) is 49.6 Å². The van der Waals surface area contributed by atoms with Crippen LogP contribution >= 0.6 is 0 Å². The molecule has 4 heteroatoms. The van der Waals surface area contributed by atoms with Crippen molar-refractivity contribution in [1.29, 1.82) is 0 Å². The first-order chi connectivity index (χ1) is 6.15. The molecule has 4 nitrogen and oxygen atoms in total. The zero-order chi connectivity index (χ0) is 9.84. The summed E-state index contributed by atoms with van der Waals surface area (Å²) in [6.45, 7) is 5.72. The highest BCUT2D eigenvalue weighted by molar-refractivity contribution is 5.83. The first-order valence-electron chi connectivity index (χ1n) is 4.88. The van der Waals surface area contributed by atoms with Crippen LogP contribution in [-0.4, -0.2) is 55.0 Å². The van der Waals surface area contributed by atoms with E-state index < -0.39 is 0 Å². The molecule has 1 heterocycles. The van der Waals surface area contributed by atoms with Crippen LogP contribution in [0.3, 0.4) is 0 Å². The van der Waals surface area contributed by atoms with Crippen LogP contribution in [-0.2, 0) is 4.79 Å². The van der Waals surface area contributed by atoms with E-state index in [-0.39, 0.29) is 11.9 Å². The van der Waals surface area contributed by atoms with E-state index in [1.807, 2.05) is 4.90 Å². The molecule has 13 heavy (non-hydrogen) atoms. The van der Waals surface area contributed by atoms with Crippen molar-refractivity contribution in [2.45, 2.75) is 19.4 Å². The van der Waals surface area contributed by atoms with Crippen molar-refractivity contribution in [2.24, 2.45) is 5.73 Å². The molecule has 0 radical (unpaired) electrons. The van der Waals surface area contributed by atoms with Crippen molar-refractivity contribution in [2.75, 3.05) is 33.2 Å². The Morgan fingerprint density at radius 2 is 2.38 bits per heavy atom. The van der Waals surface area contributed by atoms with Crippen LogP contribution in [0.2, 0.25) is 0 Å². The summed E-state index contributed by atoms with van der Waals surface area (Å²) in [6.07, 6.45) is 0.814. The van der Waals surface area contributed by atoms with Crippen molar-refractivity contribution >= 4 is 5.91 Å². The Morgan fingerprint density at radius 3 is 2.85 bits per heavy atom. The van der Waals surface area contributed by atoms with Gasteiger partial charge in [0.05, 0.1) is 6.04 Å². The van der Waals surface area contributed by atoms with E-state index in [0.717, 1.165) is 32.6 Å². The van der Waals surface area contributed by atoms with Gasteiger partial charge in [-0.1, -0.05) is 6.92 Å². The Hall–Kier alpha value is -0.610. The number of amides is 1. The molecule has 0 aromatic heterocycles. The molecule has 0 aromatic carbocycles. The van der Waals surface area contributed by atoms with Gasteiger partial charge in [-0.2, -0.15) is 0 Å². The van der Waals surface area contributed by atoms with Crippen LogP contribution in [0.4, 0.5) is 0 Å². The zero-order valence-electron chi connectivity index (χ0n) is 8.49. The summed E-state index contributed by atoms with van der Waals surface area (Å²) in [7, 11) is 2.06. The standard InChI is InChI=1S/C9H19N3O/c1-3-11(2)6-7-12-5-4-8(10)9(12)13/h8H,3-7,10H2,1-2H3. The van der Waals surface area contributed by atoms with Crippen molar-refractivity contribution in [1.82, 2.24) is 9.80 Å². The van der Waals surface area contributed by atoms with Gasteiger partial charge in [0, 0.05) is 19.6 Å². The van der Waals surface area contributed by atoms with Gasteiger partial charge in [-0.25, -0.2) is 0 Å². The summed E-state index contributed by atoms with van der Waals surface area (Å²) in [5, 5.41) is 0. The molecule has 2 N–H and O–H groups in total. The summed E-state index contributed by atoms with van der Waals surface area (Å²) in [5.74, 6) is 0.115. The first kappa shape index (κ1) is 10.5. The first-order valence-corrected chi connectivity index (χ1v) is 4.88. The smallest absolute Gasteiger partial charge is 0.239 e. The number of hydrogen-bond acceptors (Lipinski definition) is 3. The zero-order valence-corrected chi connectivity index (χ0v) is 8.49. The number of rotatable bonds is 4. The van der Waals surface area contributed by atoms with E-state index in [2.05, 4.69) is 18.9 Å². The molecule has 0 saturated carbocycles. The number of hydrogen-bond donors (Lipinski definition) is 1. The molecular formula is C9H19N3O. The fourth-order valence-corrected chi connectivity index (χ4v) is 1.43. The Labute approximate surface area is 79.7 Å². The summed E-state index contributed by atoms with van der Waals surface area (Å²) < 4.78 is 0.